The van der Waals surface area contributed by atoms with Crippen molar-refractivity contribution in [3.63, 3.8) is 0 Å². The highest BCUT2D eigenvalue weighted by atomic mass is 19.1. The summed E-state index contributed by atoms with van der Waals surface area (Å²) in [6.07, 6.45) is 1.88. The second-order valence-corrected chi connectivity index (χ2v) is 5.84. The van der Waals surface area contributed by atoms with Crippen LogP contribution in [-0.4, -0.2) is 34.2 Å². The van der Waals surface area contributed by atoms with Gasteiger partial charge in [-0.05, 0) is 24.6 Å². The number of imidazole rings is 1. The molecule has 118 valence electrons. The molecule has 0 spiro atoms. The van der Waals surface area contributed by atoms with Crippen LogP contribution in [0.15, 0.2) is 30.6 Å². The monoisotopic (exact) mass is 303 g/mol. The van der Waals surface area contributed by atoms with Gasteiger partial charge in [0.2, 0.25) is 0 Å². The summed E-state index contributed by atoms with van der Waals surface area (Å²) < 4.78 is 20.8. The largest absolute Gasteiger partial charge is 0.381 e. The molecule has 1 unspecified atom stereocenters. The number of rotatable bonds is 5. The van der Waals surface area contributed by atoms with E-state index in [1.54, 1.807) is 0 Å². The van der Waals surface area contributed by atoms with Crippen LogP contribution in [0.3, 0.4) is 0 Å². The third kappa shape index (κ3) is 3.20. The predicted octanol–water partition coefficient (Wildman–Crippen LogP) is 2.70. The average molecular weight is 303 g/mol. The van der Waals surface area contributed by atoms with Crippen molar-refractivity contribution in [1.29, 1.82) is 0 Å². The summed E-state index contributed by atoms with van der Waals surface area (Å²) in [7, 11) is 2.04. The number of halogens is 1. The molecule has 3 rings (SSSR count). The quantitative estimate of drug-likeness (QED) is 0.851. The number of hydrogen-bond donors (Lipinski definition) is 0. The maximum absolute atomic E-state index is 13.0. The van der Waals surface area contributed by atoms with Crippen LogP contribution in [-0.2, 0) is 24.9 Å². The van der Waals surface area contributed by atoms with Crippen LogP contribution in [0.5, 0.6) is 0 Å². The van der Waals surface area contributed by atoms with Crippen LogP contribution in [0.25, 0.3) is 0 Å². The Balaban J connectivity index is 1.76. The second-order valence-electron chi connectivity index (χ2n) is 5.84. The number of ether oxygens (including phenoxy) is 1. The summed E-state index contributed by atoms with van der Waals surface area (Å²) in [6.45, 7) is 6.02. The minimum atomic E-state index is -0.191. The number of aromatic nitrogens is 2. The molecule has 4 nitrogen and oxygen atoms in total. The molecular formula is C17H22FN3O. The van der Waals surface area contributed by atoms with E-state index in [1.165, 1.54) is 17.8 Å². The van der Waals surface area contributed by atoms with Crippen LogP contribution in [0, 0.1) is 5.82 Å². The van der Waals surface area contributed by atoms with Gasteiger partial charge in [-0.2, -0.15) is 0 Å². The van der Waals surface area contributed by atoms with Gasteiger partial charge in [0, 0.05) is 44.9 Å². The lowest BCUT2D eigenvalue weighted by Gasteiger charge is -2.32. The highest BCUT2D eigenvalue weighted by Crippen LogP contribution is 2.28. The van der Waals surface area contributed by atoms with Crippen LogP contribution in [0.4, 0.5) is 4.39 Å². The van der Waals surface area contributed by atoms with E-state index in [0.29, 0.717) is 12.5 Å². The summed E-state index contributed by atoms with van der Waals surface area (Å²) in [6, 6.07) is 6.73. The molecule has 5 heteroatoms. The topological polar surface area (TPSA) is 30.3 Å². The first-order chi connectivity index (χ1) is 10.7. The van der Waals surface area contributed by atoms with E-state index in [2.05, 4.69) is 14.5 Å². The van der Waals surface area contributed by atoms with E-state index in [9.17, 15) is 4.39 Å². The van der Waals surface area contributed by atoms with Gasteiger partial charge in [-0.15, -0.1) is 0 Å². The molecule has 2 heterocycles. The first-order valence-electron chi connectivity index (χ1n) is 7.72. The summed E-state index contributed by atoms with van der Waals surface area (Å²) in [5.74, 6) is 0.139. The van der Waals surface area contributed by atoms with E-state index in [4.69, 9.17) is 4.74 Å². The zero-order valence-electron chi connectivity index (χ0n) is 13.1. The van der Waals surface area contributed by atoms with Gasteiger partial charge in [0.15, 0.2) is 0 Å². The van der Waals surface area contributed by atoms with Crippen molar-refractivity contribution in [3.8, 4) is 0 Å². The molecule has 0 saturated carbocycles. The molecule has 1 aromatic carbocycles. The summed E-state index contributed by atoms with van der Waals surface area (Å²) in [5.41, 5.74) is 3.53. The average Bonchev–Trinajstić information content (AvgIpc) is 2.89. The Morgan fingerprint density at radius 1 is 1.32 bits per heavy atom. The summed E-state index contributed by atoms with van der Waals surface area (Å²) in [5, 5.41) is 0. The molecule has 22 heavy (non-hydrogen) atoms. The van der Waals surface area contributed by atoms with Crippen molar-refractivity contribution in [2.24, 2.45) is 7.05 Å². The lowest BCUT2D eigenvalue weighted by molar-refractivity contribution is 0.102. The summed E-state index contributed by atoms with van der Waals surface area (Å²) in [4.78, 5) is 6.88. The van der Waals surface area contributed by atoms with Gasteiger partial charge in [0.25, 0.3) is 0 Å². The molecule has 1 atom stereocenters. The molecule has 0 radical (unpaired) electrons. The molecule has 0 saturated heterocycles. The molecule has 1 aliphatic rings. The maximum atomic E-state index is 13.0. The normalized spacial score (nSPS) is 18.4. The van der Waals surface area contributed by atoms with Crippen molar-refractivity contribution < 1.29 is 9.13 Å². The molecule has 0 N–H and O–H groups in total. The Labute approximate surface area is 130 Å². The first kappa shape index (κ1) is 15.2. The third-order valence-corrected chi connectivity index (χ3v) is 4.14. The highest BCUT2D eigenvalue weighted by Gasteiger charge is 2.29. The van der Waals surface area contributed by atoms with E-state index in [0.717, 1.165) is 37.5 Å². The maximum Gasteiger partial charge on any atom is 0.123 e. The smallest absolute Gasteiger partial charge is 0.123 e. The fourth-order valence-corrected chi connectivity index (χ4v) is 3.17. The van der Waals surface area contributed by atoms with Crippen molar-refractivity contribution in [2.75, 3.05) is 19.8 Å². The zero-order chi connectivity index (χ0) is 15.5. The van der Waals surface area contributed by atoms with Crippen LogP contribution < -0.4 is 0 Å². The van der Waals surface area contributed by atoms with Crippen molar-refractivity contribution >= 4 is 0 Å². The van der Waals surface area contributed by atoms with Crippen LogP contribution in [0.1, 0.15) is 29.8 Å². The standard InChI is InChI=1S/C17H22FN3O/c1-3-22-11-14-9-21(8-13-4-6-15(18)7-5-13)10-16-17(14)20(2)12-19-16/h4-7,12,14H,3,8-11H2,1-2H3. The van der Waals surface area contributed by atoms with Crippen molar-refractivity contribution in [2.45, 2.75) is 25.9 Å². The van der Waals surface area contributed by atoms with Gasteiger partial charge in [0.1, 0.15) is 5.82 Å². The number of fused-ring (bicyclic) bond motifs is 1. The van der Waals surface area contributed by atoms with Gasteiger partial charge in [-0.3, -0.25) is 4.90 Å². The Morgan fingerprint density at radius 2 is 2.09 bits per heavy atom. The van der Waals surface area contributed by atoms with E-state index in [1.807, 2.05) is 32.4 Å². The van der Waals surface area contributed by atoms with E-state index in [-0.39, 0.29) is 5.82 Å². The number of hydrogen-bond acceptors (Lipinski definition) is 3. The summed E-state index contributed by atoms with van der Waals surface area (Å²) >= 11 is 0. The lowest BCUT2D eigenvalue weighted by atomic mass is 9.98. The molecule has 0 amide bonds. The first-order valence-corrected chi connectivity index (χ1v) is 7.72. The Hall–Kier alpha value is -1.72. The second kappa shape index (κ2) is 6.58. The van der Waals surface area contributed by atoms with Crippen molar-refractivity contribution in [1.82, 2.24) is 14.5 Å². The molecule has 1 aliphatic heterocycles. The SMILES string of the molecule is CCOCC1CN(Cc2ccc(F)cc2)Cc2ncn(C)c21. The fraction of sp³-hybridized carbons (Fsp3) is 0.471. The molecule has 2 aromatic rings. The van der Waals surface area contributed by atoms with Gasteiger partial charge in [-0.1, -0.05) is 12.1 Å². The zero-order valence-corrected chi connectivity index (χ0v) is 13.1. The Bertz CT molecular complexity index is 623. The molecule has 0 bridgehead atoms. The third-order valence-electron chi connectivity index (χ3n) is 4.14. The molecule has 0 fully saturated rings. The van der Waals surface area contributed by atoms with Gasteiger partial charge >= 0.3 is 0 Å². The highest BCUT2D eigenvalue weighted by molar-refractivity contribution is 5.23. The molecular weight excluding hydrogens is 281 g/mol. The van der Waals surface area contributed by atoms with Crippen LogP contribution in [0.2, 0.25) is 0 Å². The van der Waals surface area contributed by atoms with Crippen molar-refractivity contribution in [3.05, 3.63) is 53.4 Å². The van der Waals surface area contributed by atoms with Gasteiger partial charge in [-0.25, -0.2) is 9.37 Å². The van der Waals surface area contributed by atoms with E-state index < -0.39 is 0 Å². The number of aryl methyl sites for hydroxylation is 1. The van der Waals surface area contributed by atoms with Gasteiger partial charge in [0.05, 0.1) is 18.6 Å². The minimum Gasteiger partial charge on any atom is -0.381 e. The van der Waals surface area contributed by atoms with E-state index >= 15 is 0 Å². The minimum absolute atomic E-state index is 0.191. The predicted molar refractivity (Wildman–Crippen MR) is 83.0 cm³/mol. The molecule has 0 aliphatic carbocycles. The Morgan fingerprint density at radius 3 is 2.82 bits per heavy atom. The lowest BCUT2D eigenvalue weighted by Crippen LogP contribution is -2.36. The number of nitrogens with zero attached hydrogens (tertiary/aromatic N) is 3. The number of benzene rings is 1. The Kier molecular flexibility index (Phi) is 4.55. The van der Waals surface area contributed by atoms with Gasteiger partial charge < -0.3 is 9.30 Å². The van der Waals surface area contributed by atoms with Crippen LogP contribution >= 0.6 is 0 Å². The fourth-order valence-electron chi connectivity index (χ4n) is 3.17. The molecule has 1 aromatic heterocycles.